The number of rotatable bonds is 3. The SMILES string of the molecule is C=C(C)C(=O)Nc1ccc(OC)cc1Br. The molecule has 0 unspecified atom stereocenters. The maximum absolute atomic E-state index is 11.4. The molecular formula is C11H12BrNO2. The van der Waals surface area contributed by atoms with Gasteiger partial charge in [-0.3, -0.25) is 4.79 Å². The van der Waals surface area contributed by atoms with Gasteiger partial charge < -0.3 is 10.1 Å². The molecule has 4 heteroatoms. The van der Waals surface area contributed by atoms with E-state index in [1.165, 1.54) is 0 Å². The van der Waals surface area contributed by atoms with Crippen molar-refractivity contribution in [3.05, 3.63) is 34.8 Å². The zero-order valence-corrected chi connectivity index (χ0v) is 10.2. The predicted octanol–water partition coefficient (Wildman–Crippen LogP) is 2.97. The lowest BCUT2D eigenvalue weighted by molar-refractivity contribution is -0.112. The van der Waals surface area contributed by atoms with Crippen molar-refractivity contribution in [1.29, 1.82) is 0 Å². The molecule has 3 nitrogen and oxygen atoms in total. The Labute approximate surface area is 97.3 Å². The van der Waals surface area contributed by atoms with E-state index in [2.05, 4.69) is 27.8 Å². The molecule has 1 aromatic carbocycles. The van der Waals surface area contributed by atoms with Crippen molar-refractivity contribution < 1.29 is 9.53 Å². The normalized spacial score (nSPS) is 9.53. The van der Waals surface area contributed by atoms with Gasteiger partial charge in [-0.1, -0.05) is 6.58 Å². The van der Waals surface area contributed by atoms with Gasteiger partial charge in [-0.15, -0.1) is 0 Å². The number of methoxy groups -OCH3 is 1. The fraction of sp³-hybridized carbons (Fsp3) is 0.182. The van der Waals surface area contributed by atoms with Gasteiger partial charge in [0.1, 0.15) is 5.75 Å². The average molecular weight is 270 g/mol. The smallest absolute Gasteiger partial charge is 0.250 e. The van der Waals surface area contributed by atoms with Crippen LogP contribution in [0.3, 0.4) is 0 Å². The Bertz CT molecular complexity index is 402. The molecule has 0 saturated heterocycles. The topological polar surface area (TPSA) is 38.3 Å². The molecule has 0 bridgehead atoms. The molecule has 0 atom stereocenters. The summed E-state index contributed by atoms with van der Waals surface area (Å²) >= 11 is 3.34. The fourth-order valence-corrected chi connectivity index (χ4v) is 1.41. The standard InChI is InChI=1S/C11H12BrNO2/c1-7(2)11(14)13-10-5-4-8(15-3)6-9(10)12/h4-6H,1H2,2-3H3,(H,13,14). The highest BCUT2D eigenvalue weighted by Crippen LogP contribution is 2.27. The van der Waals surface area contributed by atoms with E-state index in [0.29, 0.717) is 11.3 Å². The molecule has 0 saturated carbocycles. The summed E-state index contributed by atoms with van der Waals surface area (Å²) in [5, 5.41) is 2.72. The minimum absolute atomic E-state index is 0.194. The number of benzene rings is 1. The molecule has 0 aliphatic rings. The molecule has 0 heterocycles. The van der Waals surface area contributed by atoms with Gasteiger partial charge in [0, 0.05) is 10.0 Å². The van der Waals surface area contributed by atoms with E-state index >= 15 is 0 Å². The summed E-state index contributed by atoms with van der Waals surface area (Å²) < 4.78 is 5.82. The van der Waals surface area contributed by atoms with E-state index in [-0.39, 0.29) is 5.91 Å². The molecule has 15 heavy (non-hydrogen) atoms. The molecule has 1 rings (SSSR count). The van der Waals surface area contributed by atoms with Crippen LogP contribution in [0, 0.1) is 0 Å². The quantitative estimate of drug-likeness (QED) is 0.857. The van der Waals surface area contributed by atoms with Crippen LogP contribution >= 0.6 is 15.9 Å². The van der Waals surface area contributed by atoms with Crippen molar-refractivity contribution in [1.82, 2.24) is 0 Å². The van der Waals surface area contributed by atoms with Gasteiger partial charge in [-0.2, -0.15) is 0 Å². The number of nitrogens with one attached hydrogen (secondary N) is 1. The number of carbonyl (C=O) groups excluding carboxylic acids is 1. The number of hydrogen-bond acceptors (Lipinski definition) is 2. The van der Waals surface area contributed by atoms with Crippen molar-refractivity contribution in [2.75, 3.05) is 12.4 Å². The van der Waals surface area contributed by atoms with Crippen LogP contribution in [0.5, 0.6) is 5.75 Å². The zero-order chi connectivity index (χ0) is 11.4. The van der Waals surface area contributed by atoms with Crippen LogP contribution in [-0.4, -0.2) is 13.0 Å². The van der Waals surface area contributed by atoms with Gasteiger partial charge in [0.2, 0.25) is 0 Å². The molecule has 1 N–H and O–H groups in total. The first-order valence-corrected chi connectivity index (χ1v) is 5.14. The molecule has 0 spiro atoms. The van der Waals surface area contributed by atoms with E-state index in [4.69, 9.17) is 4.74 Å². The highest BCUT2D eigenvalue weighted by Gasteiger charge is 2.06. The second kappa shape index (κ2) is 4.98. The minimum atomic E-state index is -0.194. The summed E-state index contributed by atoms with van der Waals surface area (Å²) in [7, 11) is 1.59. The summed E-state index contributed by atoms with van der Waals surface area (Å²) in [6.45, 7) is 5.22. The number of anilines is 1. The number of amides is 1. The van der Waals surface area contributed by atoms with Gasteiger partial charge in [0.05, 0.1) is 12.8 Å². The van der Waals surface area contributed by atoms with Crippen LogP contribution < -0.4 is 10.1 Å². The number of halogens is 1. The van der Waals surface area contributed by atoms with E-state index < -0.39 is 0 Å². The maximum Gasteiger partial charge on any atom is 0.250 e. The number of ether oxygens (including phenoxy) is 1. The fourth-order valence-electron chi connectivity index (χ4n) is 0.953. The van der Waals surface area contributed by atoms with Crippen molar-refractivity contribution in [3.8, 4) is 5.75 Å². The van der Waals surface area contributed by atoms with Gasteiger partial charge >= 0.3 is 0 Å². The lowest BCUT2D eigenvalue weighted by Gasteiger charge is -2.08. The summed E-state index contributed by atoms with van der Waals surface area (Å²) in [5.74, 6) is 0.538. The van der Waals surface area contributed by atoms with Crippen molar-refractivity contribution >= 4 is 27.5 Å². The molecule has 0 aliphatic heterocycles. The Morgan fingerprint density at radius 3 is 2.67 bits per heavy atom. The van der Waals surface area contributed by atoms with E-state index in [0.717, 1.165) is 10.2 Å². The van der Waals surface area contributed by atoms with Crippen LogP contribution in [0.2, 0.25) is 0 Å². The van der Waals surface area contributed by atoms with Gasteiger partial charge in [-0.05, 0) is 41.1 Å². The predicted molar refractivity (Wildman–Crippen MR) is 64.1 cm³/mol. The van der Waals surface area contributed by atoms with Crippen LogP contribution in [0.25, 0.3) is 0 Å². The third-order valence-corrected chi connectivity index (χ3v) is 2.47. The van der Waals surface area contributed by atoms with Crippen LogP contribution in [0.15, 0.2) is 34.8 Å². The molecule has 1 aromatic rings. The minimum Gasteiger partial charge on any atom is -0.497 e. The number of hydrogen-bond donors (Lipinski definition) is 1. The molecule has 0 fully saturated rings. The first-order chi connectivity index (χ1) is 7.04. The van der Waals surface area contributed by atoms with E-state index in [9.17, 15) is 4.79 Å². The summed E-state index contributed by atoms with van der Waals surface area (Å²) in [6.07, 6.45) is 0. The average Bonchev–Trinajstić information content (AvgIpc) is 2.20. The molecule has 80 valence electrons. The Morgan fingerprint density at radius 2 is 2.20 bits per heavy atom. The second-order valence-electron chi connectivity index (χ2n) is 3.08. The number of carbonyl (C=O) groups is 1. The van der Waals surface area contributed by atoms with Gasteiger partial charge in [-0.25, -0.2) is 0 Å². The van der Waals surface area contributed by atoms with Crippen LogP contribution in [-0.2, 0) is 4.79 Å². The van der Waals surface area contributed by atoms with Gasteiger partial charge in [0.15, 0.2) is 0 Å². The first-order valence-electron chi connectivity index (χ1n) is 4.35. The molecule has 0 aliphatic carbocycles. The summed E-state index contributed by atoms with van der Waals surface area (Å²) in [4.78, 5) is 11.4. The molecule has 0 aromatic heterocycles. The Hall–Kier alpha value is -1.29. The van der Waals surface area contributed by atoms with Crippen LogP contribution in [0.4, 0.5) is 5.69 Å². The van der Waals surface area contributed by atoms with Crippen molar-refractivity contribution in [2.45, 2.75) is 6.92 Å². The molecule has 0 radical (unpaired) electrons. The maximum atomic E-state index is 11.4. The first kappa shape index (κ1) is 11.8. The second-order valence-corrected chi connectivity index (χ2v) is 3.93. The van der Waals surface area contributed by atoms with E-state index in [1.807, 2.05) is 0 Å². The Balaban J connectivity index is 2.87. The van der Waals surface area contributed by atoms with Crippen LogP contribution in [0.1, 0.15) is 6.92 Å². The third kappa shape index (κ3) is 3.09. The highest BCUT2D eigenvalue weighted by atomic mass is 79.9. The zero-order valence-electron chi connectivity index (χ0n) is 8.63. The van der Waals surface area contributed by atoms with Crippen molar-refractivity contribution in [3.63, 3.8) is 0 Å². The van der Waals surface area contributed by atoms with Crippen molar-refractivity contribution in [2.24, 2.45) is 0 Å². The molecular weight excluding hydrogens is 258 g/mol. The lowest BCUT2D eigenvalue weighted by atomic mass is 10.2. The Morgan fingerprint density at radius 1 is 1.53 bits per heavy atom. The lowest BCUT2D eigenvalue weighted by Crippen LogP contribution is -2.12. The largest absolute Gasteiger partial charge is 0.497 e. The summed E-state index contributed by atoms with van der Waals surface area (Å²) in [5.41, 5.74) is 1.17. The third-order valence-electron chi connectivity index (χ3n) is 1.81. The van der Waals surface area contributed by atoms with Gasteiger partial charge in [0.25, 0.3) is 5.91 Å². The monoisotopic (exact) mass is 269 g/mol. The summed E-state index contributed by atoms with van der Waals surface area (Å²) in [6, 6.07) is 5.33. The Kier molecular flexibility index (Phi) is 3.91. The highest BCUT2D eigenvalue weighted by molar-refractivity contribution is 9.10. The van der Waals surface area contributed by atoms with E-state index in [1.54, 1.807) is 32.2 Å². The molecule has 1 amide bonds.